The van der Waals surface area contributed by atoms with Crippen LogP contribution in [0, 0.1) is 0 Å². The zero-order valence-electron chi connectivity index (χ0n) is 9.43. The summed E-state index contributed by atoms with van der Waals surface area (Å²) in [6, 6.07) is 10.9. The Labute approximate surface area is 96.4 Å². The maximum Gasteiger partial charge on any atom is 0.0717 e. The molecule has 1 heterocycles. The van der Waals surface area contributed by atoms with E-state index in [0.717, 1.165) is 19.4 Å². The summed E-state index contributed by atoms with van der Waals surface area (Å²) in [6.07, 6.45) is 2.15. The second-order valence-corrected chi connectivity index (χ2v) is 4.32. The fourth-order valence-electron chi connectivity index (χ4n) is 2.07. The molecule has 0 saturated carbocycles. The van der Waals surface area contributed by atoms with Gasteiger partial charge in [0.25, 0.3) is 0 Å². The van der Waals surface area contributed by atoms with E-state index in [1.54, 1.807) is 0 Å². The largest absolute Gasteiger partial charge is 0.395 e. The predicted octanol–water partition coefficient (Wildman–Crippen LogP) is 1.32. The second kappa shape index (κ2) is 5.99. The van der Waals surface area contributed by atoms with Crippen LogP contribution in [-0.4, -0.2) is 30.4 Å². The maximum atomic E-state index is 8.98. The van der Waals surface area contributed by atoms with Gasteiger partial charge in [0.15, 0.2) is 0 Å². The molecule has 1 aliphatic heterocycles. The highest BCUT2D eigenvalue weighted by atomic mass is 16.5. The lowest BCUT2D eigenvalue weighted by atomic mass is 10.2. The third kappa shape index (κ3) is 3.30. The lowest BCUT2D eigenvalue weighted by Gasteiger charge is -2.13. The van der Waals surface area contributed by atoms with E-state index in [2.05, 4.69) is 17.4 Å². The summed E-state index contributed by atoms with van der Waals surface area (Å²) in [5.41, 5.74) is 1.21. The molecule has 0 unspecified atom stereocenters. The highest BCUT2D eigenvalue weighted by Gasteiger charge is 2.22. The Hall–Kier alpha value is -0.900. The number of aliphatic hydroxyl groups excluding tert-OH is 1. The summed E-state index contributed by atoms with van der Waals surface area (Å²) in [7, 11) is 0. The van der Waals surface area contributed by atoms with Gasteiger partial charge in [0.1, 0.15) is 0 Å². The quantitative estimate of drug-likeness (QED) is 0.788. The van der Waals surface area contributed by atoms with Gasteiger partial charge in [-0.15, -0.1) is 0 Å². The minimum Gasteiger partial charge on any atom is -0.395 e. The molecule has 0 bridgehead atoms. The van der Waals surface area contributed by atoms with Crippen LogP contribution < -0.4 is 5.32 Å². The van der Waals surface area contributed by atoms with Gasteiger partial charge in [-0.2, -0.15) is 0 Å². The van der Waals surface area contributed by atoms with E-state index in [0.29, 0.717) is 12.6 Å². The average molecular weight is 221 g/mol. The van der Waals surface area contributed by atoms with Crippen LogP contribution in [0.1, 0.15) is 18.4 Å². The molecule has 1 aliphatic rings. The van der Waals surface area contributed by atoms with Crippen molar-refractivity contribution in [3.63, 3.8) is 0 Å². The van der Waals surface area contributed by atoms with E-state index in [9.17, 15) is 0 Å². The van der Waals surface area contributed by atoms with E-state index in [1.165, 1.54) is 5.56 Å². The Bertz CT molecular complexity index is 302. The van der Waals surface area contributed by atoms with E-state index in [-0.39, 0.29) is 12.6 Å². The second-order valence-electron chi connectivity index (χ2n) is 4.32. The van der Waals surface area contributed by atoms with Crippen molar-refractivity contribution in [3.8, 4) is 0 Å². The standard InChI is InChI=1S/C13H19NO2/c15-8-12-6-7-13(14-12)10-16-9-11-4-2-1-3-5-11/h1-5,12-15H,6-10H2/t12-,13-/m1/s1. The SMILES string of the molecule is OC[C@H]1CC[C@H](COCc2ccccc2)N1. The molecular weight excluding hydrogens is 202 g/mol. The normalized spacial score (nSPS) is 24.8. The van der Waals surface area contributed by atoms with Gasteiger partial charge < -0.3 is 15.2 Å². The first kappa shape index (κ1) is 11.6. The summed E-state index contributed by atoms with van der Waals surface area (Å²) < 4.78 is 5.65. The first-order chi connectivity index (χ1) is 7.88. The Morgan fingerprint density at radius 1 is 1.19 bits per heavy atom. The van der Waals surface area contributed by atoms with Gasteiger partial charge in [-0.3, -0.25) is 0 Å². The molecule has 2 rings (SSSR count). The summed E-state index contributed by atoms with van der Waals surface area (Å²) in [5.74, 6) is 0. The molecule has 0 aliphatic carbocycles. The van der Waals surface area contributed by atoms with Crippen molar-refractivity contribution in [2.75, 3.05) is 13.2 Å². The molecule has 0 aromatic heterocycles. The maximum absolute atomic E-state index is 8.98. The van der Waals surface area contributed by atoms with E-state index >= 15 is 0 Å². The van der Waals surface area contributed by atoms with Crippen molar-refractivity contribution in [2.24, 2.45) is 0 Å². The van der Waals surface area contributed by atoms with Crippen molar-refractivity contribution < 1.29 is 9.84 Å². The Morgan fingerprint density at radius 3 is 2.62 bits per heavy atom. The summed E-state index contributed by atoms with van der Waals surface area (Å²) >= 11 is 0. The first-order valence-corrected chi connectivity index (χ1v) is 5.87. The average Bonchev–Trinajstić information content (AvgIpc) is 2.78. The number of hydrogen-bond acceptors (Lipinski definition) is 3. The number of aliphatic hydroxyl groups is 1. The minimum atomic E-state index is 0.231. The van der Waals surface area contributed by atoms with Crippen molar-refractivity contribution in [3.05, 3.63) is 35.9 Å². The van der Waals surface area contributed by atoms with Crippen LogP contribution in [0.3, 0.4) is 0 Å². The number of hydrogen-bond donors (Lipinski definition) is 2. The van der Waals surface area contributed by atoms with E-state index < -0.39 is 0 Å². The molecule has 1 aromatic rings. The molecule has 1 fully saturated rings. The first-order valence-electron chi connectivity index (χ1n) is 5.87. The van der Waals surface area contributed by atoms with Gasteiger partial charge in [0.2, 0.25) is 0 Å². The van der Waals surface area contributed by atoms with Gasteiger partial charge in [-0.1, -0.05) is 30.3 Å². The molecule has 2 atom stereocenters. The molecule has 16 heavy (non-hydrogen) atoms. The summed E-state index contributed by atoms with van der Waals surface area (Å²) in [4.78, 5) is 0. The third-order valence-electron chi connectivity index (χ3n) is 2.99. The molecule has 0 spiro atoms. The highest BCUT2D eigenvalue weighted by Crippen LogP contribution is 2.12. The van der Waals surface area contributed by atoms with Crippen molar-refractivity contribution in [2.45, 2.75) is 31.5 Å². The third-order valence-corrected chi connectivity index (χ3v) is 2.99. The molecule has 0 radical (unpaired) electrons. The topological polar surface area (TPSA) is 41.5 Å². The zero-order valence-corrected chi connectivity index (χ0v) is 9.43. The predicted molar refractivity (Wildman–Crippen MR) is 63.1 cm³/mol. The lowest BCUT2D eigenvalue weighted by molar-refractivity contribution is 0.101. The Kier molecular flexibility index (Phi) is 4.34. The molecular formula is C13H19NO2. The minimum absolute atomic E-state index is 0.231. The summed E-state index contributed by atoms with van der Waals surface area (Å²) in [6.45, 7) is 1.63. The number of rotatable bonds is 5. The molecule has 3 nitrogen and oxygen atoms in total. The number of benzene rings is 1. The molecule has 3 heteroatoms. The van der Waals surface area contributed by atoms with Crippen LogP contribution in [0.15, 0.2) is 30.3 Å². The monoisotopic (exact) mass is 221 g/mol. The van der Waals surface area contributed by atoms with Crippen molar-refractivity contribution >= 4 is 0 Å². The van der Waals surface area contributed by atoms with E-state index in [1.807, 2.05) is 18.2 Å². The fraction of sp³-hybridized carbons (Fsp3) is 0.538. The Morgan fingerprint density at radius 2 is 1.94 bits per heavy atom. The van der Waals surface area contributed by atoms with Crippen molar-refractivity contribution in [1.29, 1.82) is 0 Å². The van der Waals surface area contributed by atoms with Gasteiger partial charge >= 0.3 is 0 Å². The van der Waals surface area contributed by atoms with Crippen LogP contribution in [-0.2, 0) is 11.3 Å². The molecule has 0 amide bonds. The smallest absolute Gasteiger partial charge is 0.0717 e. The fourth-order valence-corrected chi connectivity index (χ4v) is 2.07. The van der Waals surface area contributed by atoms with Crippen LogP contribution >= 0.6 is 0 Å². The van der Waals surface area contributed by atoms with Crippen LogP contribution in [0.4, 0.5) is 0 Å². The Balaban J connectivity index is 1.65. The molecule has 1 aromatic carbocycles. The number of nitrogens with one attached hydrogen (secondary N) is 1. The van der Waals surface area contributed by atoms with Gasteiger partial charge in [-0.05, 0) is 18.4 Å². The van der Waals surface area contributed by atoms with Crippen molar-refractivity contribution in [1.82, 2.24) is 5.32 Å². The van der Waals surface area contributed by atoms with Gasteiger partial charge in [-0.25, -0.2) is 0 Å². The molecule has 1 saturated heterocycles. The summed E-state index contributed by atoms with van der Waals surface area (Å²) in [5, 5.41) is 12.3. The van der Waals surface area contributed by atoms with Crippen LogP contribution in [0.5, 0.6) is 0 Å². The van der Waals surface area contributed by atoms with Crippen LogP contribution in [0.2, 0.25) is 0 Å². The lowest BCUT2D eigenvalue weighted by Crippen LogP contribution is -2.34. The highest BCUT2D eigenvalue weighted by molar-refractivity contribution is 5.13. The number of ether oxygens (including phenoxy) is 1. The molecule has 88 valence electrons. The van der Waals surface area contributed by atoms with Gasteiger partial charge in [0.05, 0.1) is 19.8 Å². The molecule has 2 N–H and O–H groups in total. The van der Waals surface area contributed by atoms with Crippen LogP contribution in [0.25, 0.3) is 0 Å². The van der Waals surface area contributed by atoms with Gasteiger partial charge in [0, 0.05) is 12.1 Å². The van der Waals surface area contributed by atoms with E-state index in [4.69, 9.17) is 9.84 Å². The zero-order chi connectivity index (χ0) is 11.2.